The molecular formula is C27H49N3O3. The van der Waals surface area contributed by atoms with Gasteiger partial charge in [-0.15, -0.1) is 0 Å². The summed E-state index contributed by atoms with van der Waals surface area (Å²) in [6.45, 7) is 6.50. The van der Waals surface area contributed by atoms with Gasteiger partial charge in [0.15, 0.2) is 0 Å². The minimum Gasteiger partial charge on any atom is -0.633 e. The van der Waals surface area contributed by atoms with Crippen LogP contribution in [0.3, 0.4) is 0 Å². The van der Waals surface area contributed by atoms with E-state index in [1.54, 1.807) is 28.2 Å². The lowest BCUT2D eigenvalue weighted by atomic mass is 9.70. The van der Waals surface area contributed by atoms with Crippen LogP contribution in [-0.2, 0) is 10.2 Å². The van der Waals surface area contributed by atoms with Crippen molar-refractivity contribution in [1.82, 2.24) is 4.90 Å². The quantitative estimate of drug-likeness (QED) is 0.228. The molecule has 0 aliphatic carbocycles. The molecule has 1 aromatic rings. The van der Waals surface area contributed by atoms with Gasteiger partial charge in [-0.1, -0.05) is 69.9 Å². The van der Waals surface area contributed by atoms with E-state index in [-0.39, 0.29) is 20.6 Å². The van der Waals surface area contributed by atoms with Crippen LogP contribution in [-0.4, -0.2) is 74.5 Å². The van der Waals surface area contributed by atoms with Crippen LogP contribution in [0.25, 0.3) is 0 Å². The number of unbranched alkanes of at least 4 members (excludes halogenated alkanes) is 2. The Morgan fingerprint density at radius 1 is 0.818 bits per heavy atom. The van der Waals surface area contributed by atoms with Gasteiger partial charge >= 0.3 is 0 Å². The van der Waals surface area contributed by atoms with Crippen LogP contribution in [0.4, 0.5) is 0 Å². The monoisotopic (exact) mass is 463 g/mol. The van der Waals surface area contributed by atoms with Gasteiger partial charge in [0.2, 0.25) is 5.91 Å². The van der Waals surface area contributed by atoms with Gasteiger partial charge in [0.1, 0.15) is 0 Å². The van der Waals surface area contributed by atoms with Crippen molar-refractivity contribution in [2.45, 2.75) is 77.0 Å². The molecule has 0 fully saturated rings. The first-order valence-corrected chi connectivity index (χ1v) is 12.8. The summed E-state index contributed by atoms with van der Waals surface area (Å²) >= 11 is 0. The van der Waals surface area contributed by atoms with Crippen molar-refractivity contribution < 1.29 is 14.1 Å². The van der Waals surface area contributed by atoms with Gasteiger partial charge < -0.3 is 24.6 Å². The van der Waals surface area contributed by atoms with Crippen molar-refractivity contribution in [1.29, 1.82) is 0 Å². The molecule has 0 unspecified atom stereocenters. The lowest BCUT2D eigenvalue weighted by Crippen LogP contribution is -2.42. The summed E-state index contributed by atoms with van der Waals surface area (Å²) < 4.78 is -0.707. The molecule has 0 spiro atoms. The number of hydrogen-bond donors (Lipinski definition) is 0. The van der Waals surface area contributed by atoms with Gasteiger partial charge in [-0.2, -0.15) is 0 Å². The molecule has 0 radical (unpaired) electrons. The standard InChI is InChI=1S/C27H49N3O3/c1-7-9-18-27(19-10-8-2,25-16-12-11-13-17-25)24-26(31)28(20-14-22-29(3,4)32)21-15-23-30(5,6)33/h11-13,16-17H,7-10,14-15,18-24H2,1-6H3. The molecule has 0 saturated carbocycles. The maximum absolute atomic E-state index is 13.7. The highest BCUT2D eigenvalue weighted by Gasteiger charge is 2.35. The van der Waals surface area contributed by atoms with Crippen LogP contribution in [0.15, 0.2) is 30.3 Å². The maximum Gasteiger partial charge on any atom is 0.223 e. The number of hydrogen-bond acceptors (Lipinski definition) is 3. The van der Waals surface area contributed by atoms with Crippen LogP contribution < -0.4 is 0 Å². The number of benzene rings is 1. The Kier molecular flexibility index (Phi) is 12.6. The van der Waals surface area contributed by atoms with E-state index >= 15 is 0 Å². The van der Waals surface area contributed by atoms with Gasteiger partial charge in [0.25, 0.3) is 0 Å². The average molecular weight is 464 g/mol. The molecule has 0 atom stereocenters. The summed E-state index contributed by atoms with van der Waals surface area (Å²) in [6, 6.07) is 10.5. The van der Waals surface area contributed by atoms with E-state index in [9.17, 15) is 15.2 Å². The first kappa shape index (κ1) is 29.6. The molecule has 0 N–H and O–H groups in total. The van der Waals surface area contributed by atoms with Crippen molar-refractivity contribution in [2.75, 3.05) is 54.4 Å². The summed E-state index contributed by atoms with van der Waals surface area (Å²) in [5.74, 6) is 0.151. The van der Waals surface area contributed by atoms with Crippen LogP contribution in [0, 0.1) is 10.4 Å². The molecule has 0 bridgehead atoms. The fourth-order valence-corrected chi connectivity index (χ4v) is 4.56. The molecule has 1 aromatic carbocycles. The second-order valence-corrected chi connectivity index (χ2v) is 10.7. The number of carbonyl (C=O) groups excluding carboxylic acids is 1. The lowest BCUT2D eigenvalue weighted by molar-refractivity contribution is -0.840. The normalized spacial score (nSPS) is 12.7. The molecule has 0 aliphatic rings. The molecule has 190 valence electrons. The smallest absolute Gasteiger partial charge is 0.223 e. The number of rotatable bonds is 17. The lowest BCUT2D eigenvalue weighted by Gasteiger charge is -2.38. The first-order chi connectivity index (χ1) is 15.4. The third-order valence-corrected chi connectivity index (χ3v) is 6.50. The fraction of sp³-hybridized carbons (Fsp3) is 0.741. The topological polar surface area (TPSA) is 66.4 Å². The van der Waals surface area contributed by atoms with E-state index in [0.717, 1.165) is 38.5 Å². The number of amides is 1. The molecular weight excluding hydrogens is 414 g/mol. The summed E-state index contributed by atoms with van der Waals surface area (Å²) in [5, 5.41) is 24.1. The average Bonchev–Trinajstić information content (AvgIpc) is 2.73. The number of hydroxylamine groups is 6. The van der Waals surface area contributed by atoms with E-state index in [0.29, 0.717) is 45.4 Å². The van der Waals surface area contributed by atoms with Crippen molar-refractivity contribution in [3.05, 3.63) is 46.3 Å². The molecule has 33 heavy (non-hydrogen) atoms. The van der Waals surface area contributed by atoms with Gasteiger partial charge in [-0.3, -0.25) is 4.79 Å². The highest BCUT2D eigenvalue weighted by Crippen LogP contribution is 2.39. The first-order valence-electron chi connectivity index (χ1n) is 12.8. The van der Waals surface area contributed by atoms with E-state index in [4.69, 9.17) is 0 Å². The van der Waals surface area contributed by atoms with Crippen LogP contribution >= 0.6 is 0 Å². The highest BCUT2D eigenvalue weighted by molar-refractivity contribution is 5.78. The summed E-state index contributed by atoms with van der Waals surface area (Å²) in [4.78, 5) is 15.6. The van der Waals surface area contributed by atoms with Gasteiger partial charge in [0.05, 0.1) is 41.3 Å². The van der Waals surface area contributed by atoms with E-state index in [2.05, 4.69) is 38.1 Å². The Morgan fingerprint density at radius 3 is 1.67 bits per heavy atom. The molecule has 6 heteroatoms. The molecule has 1 rings (SSSR count). The fourth-order valence-electron chi connectivity index (χ4n) is 4.56. The Balaban J connectivity index is 3.11. The minimum atomic E-state index is -0.354. The Morgan fingerprint density at radius 2 is 1.27 bits per heavy atom. The SMILES string of the molecule is CCCCC(CCCC)(CC(=O)N(CCC[N+](C)(C)[O-])CCC[N+](C)(C)[O-])c1ccccc1. The van der Waals surface area contributed by atoms with E-state index in [1.165, 1.54) is 5.56 Å². The molecule has 1 amide bonds. The summed E-state index contributed by atoms with van der Waals surface area (Å²) in [7, 11) is 6.55. The molecule has 0 heterocycles. The van der Waals surface area contributed by atoms with Crippen molar-refractivity contribution >= 4 is 5.91 Å². The van der Waals surface area contributed by atoms with E-state index in [1.807, 2.05) is 11.0 Å². The summed E-state index contributed by atoms with van der Waals surface area (Å²) in [6.07, 6.45) is 8.22. The number of carbonyl (C=O) groups is 1. The van der Waals surface area contributed by atoms with Crippen LogP contribution in [0.1, 0.15) is 77.2 Å². The van der Waals surface area contributed by atoms with Gasteiger partial charge in [0, 0.05) is 37.8 Å². The Bertz CT molecular complexity index is 637. The second kappa shape index (κ2) is 14.1. The van der Waals surface area contributed by atoms with Gasteiger partial charge in [-0.25, -0.2) is 0 Å². The van der Waals surface area contributed by atoms with Crippen molar-refractivity contribution in [2.24, 2.45) is 0 Å². The highest BCUT2D eigenvalue weighted by atomic mass is 16.5. The van der Waals surface area contributed by atoms with Gasteiger partial charge in [-0.05, 0) is 18.4 Å². The van der Waals surface area contributed by atoms with Crippen molar-refractivity contribution in [3.63, 3.8) is 0 Å². The second-order valence-electron chi connectivity index (χ2n) is 10.7. The largest absolute Gasteiger partial charge is 0.633 e. The number of quaternary nitrogens is 2. The molecule has 0 saturated heterocycles. The predicted molar refractivity (Wildman–Crippen MR) is 138 cm³/mol. The third-order valence-electron chi connectivity index (χ3n) is 6.50. The van der Waals surface area contributed by atoms with Crippen LogP contribution in [0.2, 0.25) is 0 Å². The van der Waals surface area contributed by atoms with E-state index < -0.39 is 0 Å². The van der Waals surface area contributed by atoms with Crippen LogP contribution in [0.5, 0.6) is 0 Å². The third kappa shape index (κ3) is 12.0. The molecule has 0 aliphatic heterocycles. The zero-order chi connectivity index (χ0) is 25.0. The predicted octanol–water partition coefficient (Wildman–Crippen LogP) is 5.45. The zero-order valence-corrected chi connectivity index (χ0v) is 22.1. The maximum atomic E-state index is 13.7. The Labute approximate surface area is 202 Å². The number of nitrogens with zero attached hydrogens (tertiary/aromatic N) is 3. The summed E-state index contributed by atoms with van der Waals surface area (Å²) in [5.41, 5.74) is 1.10. The molecule has 6 nitrogen and oxygen atoms in total. The Hall–Kier alpha value is -1.47. The zero-order valence-electron chi connectivity index (χ0n) is 22.1. The van der Waals surface area contributed by atoms with Crippen molar-refractivity contribution in [3.8, 4) is 0 Å². The minimum absolute atomic E-state index is 0.151. The molecule has 0 aromatic heterocycles.